The predicted molar refractivity (Wildman–Crippen MR) is 161 cm³/mol. The van der Waals surface area contributed by atoms with Crippen molar-refractivity contribution < 1.29 is 19.8 Å². The van der Waals surface area contributed by atoms with E-state index in [1.165, 1.54) is 0 Å². The first-order valence-electron chi connectivity index (χ1n) is 14.4. The monoisotopic (exact) mass is 592 g/mol. The zero-order valence-electron chi connectivity index (χ0n) is 23.7. The van der Waals surface area contributed by atoms with Gasteiger partial charge in [0.1, 0.15) is 0 Å². The number of hydrogen-bond donors (Lipinski definition) is 4. The number of anilines is 2. The Kier molecular flexibility index (Phi) is 9.37. The molecule has 3 atom stereocenters. The Morgan fingerprint density at radius 3 is 2.83 bits per heavy atom. The first-order chi connectivity index (χ1) is 20.3. The summed E-state index contributed by atoms with van der Waals surface area (Å²) in [4.78, 5) is 28.0. The van der Waals surface area contributed by atoms with Crippen LogP contribution < -0.4 is 15.5 Å². The fourth-order valence-electron chi connectivity index (χ4n) is 5.60. The third-order valence-electron chi connectivity index (χ3n) is 8.02. The lowest BCUT2D eigenvalue weighted by Gasteiger charge is -2.27. The van der Waals surface area contributed by atoms with Crippen molar-refractivity contribution in [1.82, 2.24) is 20.3 Å². The lowest BCUT2D eigenvalue weighted by atomic mass is 9.83. The van der Waals surface area contributed by atoms with Crippen molar-refractivity contribution in [2.45, 2.75) is 51.3 Å². The molecule has 2 amide bonds. The number of aliphatic hydroxyl groups is 2. The summed E-state index contributed by atoms with van der Waals surface area (Å²) in [5, 5.41) is 35.7. The number of carbonyl (C=O) groups excluding carboxylic acids is 2. The highest BCUT2D eigenvalue weighted by Crippen LogP contribution is 2.46. The Morgan fingerprint density at radius 2 is 2.10 bits per heavy atom. The number of aliphatic hydroxyl groups excluding tert-OH is 1. The highest BCUT2D eigenvalue weighted by Gasteiger charge is 2.52. The molecule has 2 aliphatic rings. The first-order valence-corrected chi connectivity index (χ1v) is 14.8. The van der Waals surface area contributed by atoms with E-state index in [0.717, 1.165) is 30.6 Å². The fourth-order valence-corrected chi connectivity index (χ4v) is 5.77. The molecule has 1 fully saturated rings. The smallest absolute Gasteiger partial charge is 0.264 e. The number of benzene rings is 2. The number of allylic oxidation sites excluding steroid dienone is 1. The summed E-state index contributed by atoms with van der Waals surface area (Å²) in [6, 6.07) is 12.6. The zero-order chi connectivity index (χ0) is 29.7. The molecular formula is C31H37ClN6O4. The average Bonchev–Trinajstić information content (AvgIpc) is 3.53. The van der Waals surface area contributed by atoms with Gasteiger partial charge in [-0.15, -0.1) is 5.10 Å². The molecule has 5 rings (SSSR count). The van der Waals surface area contributed by atoms with Crippen molar-refractivity contribution in [3.63, 3.8) is 0 Å². The minimum Gasteiger partial charge on any atom is -0.396 e. The van der Waals surface area contributed by atoms with E-state index in [2.05, 4.69) is 20.9 Å². The molecule has 0 spiro atoms. The molecule has 0 aliphatic carbocycles. The number of halogens is 1. The number of carbonyl (C=O) groups is 2. The van der Waals surface area contributed by atoms with E-state index in [0.29, 0.717) is 47.9 Å². The lowest BCUT2D eigenvalue weighted by Crippen LogP contribution is -2.44. The molecule has 10 nitrogen and oxygen atoms in total. The molecule has 3 aromatic rings. The van der Waals surface area contributed by atoms with Crippen LogP contribution in [0.1, 0.15) is 43.0 Å². The Morgan fingerprint density at radius 1 is 1.29 bits per heavy atom. The number of aryl methyl sites for hydroxylation is 1. The van der Waals surface area contributed by atoms with Crippen molar-refractivity contribution >= 4 is 34.8 Å². The van der Waals surface area contributed by atoms with Crippen molar-refractivity contribution in [3.05, 3.63) is 82.7 Å². The standard InChI is InChI=1S/C31H37ClN6O4/c1-21(5-2-3-15-37-20-26(13-16-39)35-36-37)31(42)27-17-24(32)9-12-28(27)38(30(31)41)19-22-7-10-25(11-8-22)34-29(40)23-6-4-14-33-18-23/h2,5,7-12,17,20-21,23,33,39,42H,3-4,6,13-16,18-19H2,1H3,(H,34,40)/b5-2+/t21-,23?,31+/m1/s1. The average molecular weight is 593 g/mol. The van der Waals surface area contributed by atoms with Gasteiger partial charge in [0.05, 0.1) is 23.8 Å². The molecule has 1 unspecified atom stereocenters. The van der Waals surface area contributed by atoms with Crippen LogP contribution in [0.3, 0.4) is 0 Å². The number of hydrogen-bond acceptors (Lipinski definition) is 7. The summed E-state index contributed by atoms with van der Waals surface area (Å²) in [5.74, 6) is -0.968. The second-order valence-electron chi connectivity index (χ2n) is 11.0. The van der Waals surface area contributed by atoms with Crippen LogP contribution in [0.2, 0.25) is 5.02 Å². The van der Waals surface area contributed by atoms with E-state index in [-0.39, 0.29) is 25.0 Å². The van der Waals surface area contributed by atoms with E-state index >= 15 is 0 Å². The van der Waals surface area contributed by atoms with Gasteiger partial charge in [-0.3, -0.25) is 14.3 Å². The van der Waals surface area contributed by atoms with Crippen molar-refractivity contribution in [1.29, 1.82) is 0 Å². The summed E-state index contributed by atoms with van der Waals surface area (Å²) in [6.45, 7) is 4.32. The second kappa shape index (κ2) is 13.2. The molecule has 0 bridgehead atoms. The van der Waals surface area contributed by atoms with E-state index in [4.69, 9.17) is 16.7 Å². The number of rotatable bonds is 11. The van der Waals surface area contributed by atoms with Crippen LogP contribution in [-0.2, 0) is 34.7 Å². The van der Waals surface area contributed by atoms with E-state index < -0.39 is 17.4 Å². The van der Waals surface area contributed by atoms with Crippen molar-refractivity contribution in [2.24, 2.45) is 11.8 Å². The van der Waals surface area contributed by atoms with E-state index in [1.807, 2.05) is 43.3 Å². The maximum Gasteiger partial charge on any atom is 0.264 e. The molecule has 42 heavy (non-hydrogen) atoms. The molecule has 11 heteroatoms. The Hall–Kier alpha value is -3.57. The van der Waals surface area contributed by atoms with Crippen LogP contribution in [0.15, 0.2) is 60.8 Å². The Balaban J connectivity index is 1.26. The van der Waals surface area contributed by atoms with E-state index in [9.17, 15) is 14.7 Å². The van der Waals surface area contributed by atoms with Crippen LogP contribution >= 0.6 is 11.6 Å². The van der Waals surface area contributed by atoms with Gasteiger partial charge >= 0.3 is 0 Å². The molecule has 4 N–H and O–H groups in total. The minimum atomic E-state index is -1.78. The number of aromatic nitrogens is 3. The maximum atomic E-state index is 13.8. The number of nitrogens with zero attached hydrogens (tertiary/aromatic N) is 4. The van der Waals surface area contributed by atoms with Crippen LogP contribution in [0, 0.1) is 11.8 Å². The van der Waals surface area contributed by atoms with Gasteiger partial charge in [0.2, 0.25) is 5.91 Å². The lowest BCUT2D eigenvalue weighted by molar-refractivity contribution is -0.139. The van der Waals surface area contributed by atoms with E-state index in [1.54, 1.807) is 34.0 Å². The number of nitrogens with one attached hydrogen (secondary N) is 2. The molecule has 0 radical (unpaired) electrons. The summed E-state index contributed by atoms with van der Waals surface area (Å²) >= 11 is 6.32. The fraction of sp³-hybridized carbons (Fsp3) is 0.419. The molecule has 2 aliphatic heterocycles. The summed E-state index contributed by atoms with van der Waals surface area (Å²) in [5.41, 5.74) is 1.62. The van der Waals surface area contributed by atoms with Crippen LogP contribution in [0.4, 0.5) is 11.4 Å². The van der Waals surface area contributed by atoms with Gasteiger partial charge in [-0.05, 0) is 61.7 Å². The Bertz CT molecular complexity index is 1440. The van der Waals surface area contributed by atoms with Crippen LogP contribution in [0.5, 0.6) is 0 Å². The summed E-state index contributed by atoms with van der Waals surface area (Å²) < 4.78 is 1.70. The normalized spacial score (nSPS) is 21.1. The summed E-state index contributed by atoms with van der Waals surface area (Å²) in [7, 11) is 0. The molecular weight excluding hydrogens is 556 g/mol. The molecule has 0 saturated carbocycles. The molecule has 1 saturated heterocycles. The third kappa shape index (κ3) is 6.42. The van der Waals surface area contributed by atoms with Gasteiger partial charge in [-0.25, -0.2) is 0 Å². The molecule has 222 valence electrons. The van der Waals surface area contributed by atoms with Gasteiger partial charge in [0, 0.05) is 54.5 Å². The molecule has 2 aromatic carbocycles. The zero-order valence-corrected chi connectivity index (χ0v) is 24.4. The second-order valence-corrected chi connectivity index (χ2v) is 11.4. The highest BCUT2D eigenvalue weighted by atomic mass is 35.5. The van der Waals surface area contributed by atoms with Gasteiger partial charge in [-0.2, -0.15) is 0 Å². The third-order valence-corrected chi connectivity index (χ3v) is 8.26. The quantitative estimate of drug-likeness (QED) is 0.251. The van der Waals surface area contributed by atoms with Crippen LogP contribution in [-0.4, -0.2) is 56.7 Å². The SMILES string of the molecule is C[C@H](/C=C/CCn1cc(CCO)nn1)[C@@]1(O)C(=O)N(Cc2ccc(NC(=O)C3CCCNC3)cc2)c2ccc(Cl)cc21. The topological polar surface area (TPSA) is 133 Å². The number of piperidine rings is 1. The van der Waals surface area contributed by atoms with Crippen LogP contribution in [0.25, 0.3) is 0 Å². The number of amides is 2. The summed E-state index contributed by atoms with van der Waals surface area (Å²) in [6.07, 6.45) is 8.52. The molecule has 1 aromatic heterocycles. The maximum absolute atomic E-state index is 13.8. The predicted octanol–water partition coefficient (Wildman–Crippen LogP) is 3.42. The minimum absolute atomic E-state index is 0.00956. The van der Waals surface area contributed by atoms with Crippen molar-refractivity contribution in [3.8, 4) is 0 Å². The first kappa shape index (κ1) is 29.9. The molecule has 3 heterocycles. The van der Waals surface area contributed by atoms with Crippen molar-refractivity contribution in [2.75, 3.05) is 29.9 Å². The number of fused-ring (bicyclic) bond motifs is 1. The van der Waals surface area contributed by atoms with Gasteiger partial charge in [-0.1, -0.05) is 48.0 Å². The Labute approximate surface area is 250 Å². The highest BCUT2D eigenvalue weighted by molar-refractivity contribution is 6.31. The largest absolute Gasteiger partial charge is 0.396 e. The van der Waals surface area contributed by atoms with Gasteiger partial charge < -0.3 is 25.7 Å². The van der Waals surface area contributed by atoms with Gasteiger partial charge in [0.25, 0.3) is 5.91 Å². The van der Waals surface area contributed by atoms with Gasteiger partial charge in [0.15, 0.2) is 5.60 Å².